The quantitative estimate of drug-likeness (QED) is 0.782. The fourth-order valence-corrected chi connectivity index (χ4v) is 3.12. The zero-order valence-corrected chi connectivity index (χ0v) is 15.0. The molecule has 0 saturated carbocycles. The molecule has 1 amide bonds. The van der Waals surface area contributed by atoms with E-state index in [1.165, 1.54) is 12.8 Å². The summed E-state index contributed by atoms with van der Waals surface area (Å²) in [7, 11) is 3.38. The van der Waals surface area contributed by atoms with Crippen LogP contribution in [0.2, 0.25) is 0 Å². The lowest BCUT2D eigenvalue weighted by Crippen LogP contribution is -2.42. The Morgan fingerprint density at radius 3 is 2.50 bits per heavy atom. The summed E-state index contributed by atoms with van der Waals surface area (Å²) in [6, 6.07) is 0. The molecule has 4 heteroatoms. The number of unbranched alkanes of at least 4 members (excludes halogenated alkanes) is 1. The minimum atomic E-state index is -0.176. The Labute approximate surface area is 135 Å². The summed E-state index contributed by atoms with van der Waals surface area (Å²) in [6.45, 7) is 8.56. The van der Waals surface area contributed by atoms with E-state index in [1.54, 1.807) is 14.2 Å². The molecule has 0 fully saturated rings. The number of hydrogen-bond donors (Lipinski definition) is 1. The molecule has 1 aliphatic heterocycles. The van der Waals surface area contributed by atoms with Gasteiger partial charge >= 0.3 is 0 Å². The Bertz CT molecular complexity index is 379. The molecule has 3 unspecified atom stereocenters. The van der Waals surface area contributed by atoms with Crippen LogP contribution in [-0.2, 0) is 14.3 Å². The molecule has 1 rings (SSSR count). The highest BCUT2D eigenvalue weighted by atomic mass is 16.5. The van der Waals surface area contributed by atoms with Gasteiger partial charge in [0.1, 0.15) is 0 Å². The van der Waals surface area contributed by atoms with E-state index in [1.807, 2.05) is 6.92 Å². The monoisotopic (exact) mass is 311 g/mol. The van der Waals surface area contributed by atoms with Gasteiger partial charge in [0, 0.05) is 32.3 Å². The van der Waals surface area contributed by atoms with Gasteiger partial charge in [-0.2, -0.15) is 0 Å². The Morgan fingerprint density at radius 1 is 1.32 bits per heavy atom. The smallest absolute Gasteiger partial charge is 0.229 e. The number of nitrogens with one attached hydrogen (secondary N) is 1. The maximum atomic E-state index is 12.5. The van der Waals surface area contributed by atoms with Crippen molar-refractivity contribution in [2.24, 2.45) is 17.8 Å². The van der Waals surface area contributed by atoms with Crippen molar-refractivity contribution in [2.75, 3.05) is 14.2 Å². The zero-order valence-electron chi connectivity index (χ0n) is 15.0. The summed E-state index contributed by atoms with van der Waals surface area (Å²) in [5, 5.41) is 3.15. The van der Waals surface area contributed by atoms with E-state index >= 15 is 0 Å². The van der Waals surface area contributed by atoms with Gasteiger partial charge in [-0.15, -0.1) is 0 Å². The summed E-state index contributed by atoms with van der Waals surface area (Å²) < 4.78 is 11.1. The molecular formula is C18H33NO3. The van der Waals surface area contributed by atoms with Crippen LogP contribution in [-0.4, -0.2) is 32.3 Å². The molecule has 128 valence electrons. The molecule has 0 aromatic rings. The van der Waals surface area contributed by atoms with Crippen LogP contribution in [0.3, 0.4) is 0 Å². The average Bonchev–Trinajstić information content (AvgIpc) is 2.48. The first kappa shape index (κ1) is 19.2. The predicted octanol–water partition coefficient (Wildman–Crippen LogP) is 3.52. The fourth-order valence-electron chi connectivity index (χ4n) is 3.12. The molecule has 0 aliphatic carbocycles. The van der Waals surface area contributed by atoms with E-state index in [2.05, 4.69) is 32.2 Å². The molecule has 0 saturated heterocycles. The number of amides is 1. The van der Waals surface area contributed by atoms with Crippen molar-refractivity contribution in [3.63, 3.8) is 0 Å². The van der Waals surface area contributed by atoms with Crippen LogP contribution in [0.1, 0.15) is 53.4 Å². The van der Waals surface area contributed by atoms with Gasteiger partial charge in [-0.1, -0.05) is 40.5 Å². The van der Waals surface area contributed by atoms with Crippen LogP contribution >= 0.6 is 0 Å². The van der Waals surface area contributed by atoms with Gasteiger partial charge in [0.05, 0.1) is 18.1 Å². The predicted molar refractivity (Wildman–Crippen MR) is 89.5 cm³/mol. The standard InChI is InChI=1S/C18H33NO3/c1-7-8-9-15(12(2)3)16-10-14(21-5)11-17(22-6)13(4)18(20)19-16/h10,12-15,17H,7-9,11H2,1-6H3,(H,19,20)/t13-,14?,15?,17?/m0/s1. The van der Waals surface area contributed by atoms with Crippen LogP contribution in [0.25, 0.3) is 0 Å². The van der Waals surface area contributed by atoms with Crippen molar-refractivity contribution in [1.82, 2.24) is 5.32 Å². The van der Waals surface area contributed by atoms with Crippen molar-refractivity contribution >= 4 is 5.91 Å². The first-order valence-electron chi connectivity index (χ1n) is 8.52. The number of hydrogen-bond acceptors (Lipinski definition) is 3. The molecule has 0 radical (unpaired) electrons. The highest BCUT2D eigenvalue weighted by Gasteiger charge is 2.31. The fraction of sp³-hybridized carbons (Fsp3) is 0.833. The topological polar surface area (TPSA) is 47.6 Å². The molecule has 1 aliphatic rings. The number of ether oxygens (including phenoxy) is 2. The van der Waals surface area contributed by atoms with E-state index in [0.717, 1.165) is 12.1 Å². The third-order valence-corrected chi connectivity index (χ3v) is 4.75. The molecule has 4 nitrogen and oxygen atoms in total. The van der Waals surface area contributed by atoms with Gasteiger partial charge < -0.3 is 14.8 Å². The Hall–Kier alpha value is -0.870. The zero-order chi connectivity index (χ0) is 16.7. The first-order valence-corrected chi connectivity index (χ1v) is 8.52. The average molecular weight is 311 g/mol. The summed E-state index contributed by atoms with van der Waals surface area (Å²) in [4.78, 5) is 12.5. The molecule has 0 bridgehead atoms. The van der Waals surface area contributed by atoms with Crippen LogP contribution in [0.4, 0.5) is 0 Å². The van der Waals surface area contributed by atoms with Crippen LogP contribution < -0.4 is 5.32 Å². The van der Waals surface area contributed by atoms with Crippen molar-refractivity contribution in [3.05, 3.63) is 11.8 Å². The van der Waals surface area contributed by atoms with Gasteiger partial charge in [-0.25, -0.2) is 0 Å². The molecule has 1 heterocycles. The van der Waals surface area contributed by atoms with E-state index < -0.39 is 0 Å². The molecule has 0 aromatic heterocycles. The summed E-state index contributed by atoms with van der Waals surface area (Å²) in [6.07, 6.45) is 6.10. The van der Waals surface area contributed by atoms with Crippen LogP contribution in [0.5, 0.6) is 0 Å². The molecule has 1 N–H and O–H groups in total. The van der Waals surface area contributed by atoms with Gasteiger partial charge in [-0.05, 0) is 18.4 Å². The van der Waals surface area contributed by atoms with Gasteiger partial charge in [0.15, 0.2) is 0 Å². The number of rotatable bonds is 7. The second kappa shape index (κ2) is 9.31. The van der Waals surface area contributed by atoms with Gasteiger partial charge in [0.2, 0.25) is 5.91 Å². The van der Waals surface area contributed by atoms with Crippen molar-refractivity contribution in [2.45, 2.75) is 65.6 Å². The van der Waals surface area contributed by atoms with Crippen molar-refractivity contribution in [1.29, 1.82) is 0 Å². The second-order valence-electron chi connectivity index (χ2n) is 6.68. The van der Waals surface area contributed by atoms with E-state index in [0.29, 0.717) is 18.3 Å². The van der Waals surface area contributed by atoms with E-state index in [4.69, 9.17) is 9.47 Å². The molecule has 4 atom stereocenters. The third-order valence-electron chi connectivity index (χ3n) is 4.75. The van der Waals surface area contributed by atoms with Gasteiger partial charge in [-0.3, -0.25) is 4.79 Å². The number of methoxy groups -OCH3 is 2. The Balaban J connectivity index is 3.05. The van der Waals surface area contributed by atoms with Crippen LogP contribution in [0, 0.1) is 17.8 Å². The number of allylic oxidation sites excluding steroid dienone is 1. The minimum absolute atomic E-state index is 0.0223. The lowest BCUT2D eigenvalue weighted by atomic mass is 9.85. The number of carbonyl (C=O) groups excluding carboxylic acids is 1. The highest BCUT2D eigenvalue weighted by molar-refractivity contribution is 5.80. The summed E-state index contributed by atoms with van der Waals surface area (Å²) in [5.41, 5.74) is 1.03. The molecule has 22 heavy (non-hydrogen) atoms. The number of carbonyl (C=O) groups is 1. The molecule has 0 spiro atoms. The maximum absolute atomic E-state index is 12.5. The Morgan fingerprint density at radius 2 is 2.00 bits per heavy atom. The lowest BCUT2D eigenvalue weighted by molar-refractivity contribution is -0.129. The second-order valence-corrected chi connectivity index (χ2v) is 6.68. The van der Waals surface area contributed by atoms with E-state index in [9.17, 15) is 4.79 Å². The van der Waals surface area contributed by atoms with E-state index in [-0.39, 0.29) is 24.0 Å². The summed E-state index contributed by atoms with van der Waals surface area (Å²) in [5.74, 6) is 0.733. The minimum Gasteiger partial charge on any atom is -0.381 e. The third kappa shape index (κ3) is 5.10. The largest absolute Gasteiger partial charge is 0.381 e. The normalized spacial score (nSPS) is 27.9. The van der Waals surface area contributed by atoms with Gasteiger partial charge in [0.25, 0.3) is 0 Å². The van der Waals surface area contributed by atoms with Crippen molar-refractivity contribution < 1.29 is 14.3 Å². The van der Waals surface area contributed by atoms with Crippen molar-refractivity contribution in [3.8, 4) is 0 Å². The summed E-state index contributed by atoms with van der Waals surface area (Å²) >= 11 is 0. The first-order chi connectivity index (χ1) is 10.4. The highest BCUT2D eigenvalue weighted by Crippen LogP contribution is 2.28. The van der Waals surface area contributed by atoms with Crippen LogP contribution in [0.15, 0.2) is 11.8 Å². The molecule has 0 aromatic carbocycles. The lowest BCUT2D eigenvalue weighted by Gasteiger charge is -2.32. The maximum Gasteiger partial charge on any atom is 0.229 e. The SMILES string of the molecule is CCCCC(C1=CC(OC)CC(OC)[C@H](C)C(=O)N1)C(C)C. The molecular weight excluding hydrogens is 278 g/mol. The Kier molecular flexibility index (Phi) is 8.12.